The molecule has 0 saturated heterocycles. The van der Waals surface area contributed by atoms with Crippen molar-refractivity contribution in [3.8, 4) is 0 Å². The molecule has 0 rings (SSSR count). The number of hydrogen-bond acceptors (Lipinski definition) is 5. The Morgan fingerprint density at radius 1 is 0.903 bits per heavy atom. The predicted octanol–water partition coefficient (Wildman–Crippen LogP) is 0.227. The minimum absolute atomic E-state index is 0. The van der Waals surface area contributed by atoms with E-state index in [2.05, 4.69) is 20.9 Å². The number of aldehydes is 1. The van der Waals surface area contributed by atoms with Crippen LogP contribution in [0.25, 0.3) is 0 Å². The van der Waals surface area contributed by atoms with Crippen LogP contribution < -0.4 is 27.4 Å². The van der Waals surface area contributed by atoms with Crippen LogP contribution in [0.5, 0.6) is 0 Å². The minimum Gasteiger partial charge on any atom is -0.370 e. The number of nitrogens with zero attached hydrogens (tertiary/aromatic N) is 1. The molecule has 0 aliphatic carbocycles. The van der Waals surface area contributed by atoms with Crippen molar-refractivity contribution < 1.29 is 19.2 Å². The number of rotatable bonds is 14. The maximum atomic E-state index is 12.8. The van der Waals surface area contributed by atoms with Gasteiger partial charge in [0.2, 0.25) is 17.7 Å². The van der Waals surface area contributed by atoms with Crippen molar-refractivity contribution in [3.63, 3.8) is 0 Å². The van der Waals surface area contributed by atoms with Crippen LogP contribution in [0.2, 0.25) is 0 Å². The SMILES string of the molecule is CC(=O)N[C@@H](CC(C)C)C(=O)N[C@@H](CC(C)C)C(=O)NC(C=O)CCCN=C(N)N.Cl. The lowest BCUT2D eigenvalue weighted by molar-refractivity contribution is -0.133. The lowest BCUT2D eigenvalue weighted by atomic mass is 9.99. The summed E-state index contributed by atoms with van der Waals surface area (Å²) in [6.45, 7) is 9.43. The number of nitrogens with one attached hydrogen (secondary N) is 3. The van der Waals surface area contributed by atoms with Crippen LogP contribution in [0.3, 0.4) is 0 Å². The summed E-state index contributed by atoms with van der Waals surface area (Å²) in [4.78, 5) is 52.1. The van der Waals surface area contributed by atoms with Crippen LogP contribution in [0, 0.1) is 11.8 Å². The van der Waals surface area contributed by atoms with Crippen LogP contribution in [-0.4, -0.2) is 54.6 Å². The lowest BCUT2D eigenvalue weighted by Crippen LogP contribution is -2.55. The number of aliphatic imine (C=N–C) groups is 1. The van der Waals surface area contributed by atoms with E-state index < -0.39 is 29.9 Å². The van der Waals surface area contributed by atoms with Crippen molar-refractivity contribution in [1.29, 1.82) is 0 Å². The number of guanidine groups is 1. The number of carbonyl (C=O) groups is 4. The molecule has 0 heterocycles. The molecule has 180 valence electrons. The van der Waals surface area contributed by atoms with Crippen LogP contribution in [0.4, 0.5) is 0 Å². The largest absolute Gasteiger partial charge is 0.370 e. The van der Waals surface area contributed by atoms with E-state index in [9.17, 15) is 19.2 Å². The van der Waals surface area contributed by atoms with E-state index in [-0.39, 0.29) is 36.1 Å². The third kappa shape index (κ3) is 15.1. The van der Waals surface area contributed by atoms with Gasteiger partial charge in [-0.15, -0.1) is 12.4 Å². The van der Waals surface area contributed by atoms with Crippen molar-refractivity contribution in [2.24, 2.45) is 28.3 Å². The van der Waals surface area contributed by atoms with Gasteiger partial charge in [0, 0.05) is 13.5 Å². The van der Waals surface area contributed by atoms with Gasteiger partial charge in [0.1, 0.15) is 18.4 Å². The topological polar surface area (TPSA) is 169 Å². The first-order valence-corrected chi connectivity index (χ1v) is 10.3. The third-order valence-electron chi connectivity index (χ3n) is 4.20. The quantitative estimate of drug-likeness (QED) is 0.107. The summed E-state index contributed by atoms with van der Waals surface area (Å²) in [7, 11) is 0. The highest BCUT2D eigenvalue weighted by Crippen LogP contribution is 2.09. The molecule has 7 N–H and O–H groups in total. The van der Waals surface area contributed by atoms with Gasteiger partial charge in [-0.05, 0) is 37.5 Å². The van der Waals surface area contributed by atoms with Gasteiger partial charge in [-0.2, -0.15) is 0 Å². The van der Waals surface area contributed by atoms with Crippen LogP contribution in [0.1, 0.15) is 60.3 Å². The Kier molecular flexibility index (Phi) is 16.3. The molecule has 0 saturated carbocycles. The second-order valence-electron chi connectivity index (χ2n) is 8.27. The molecule has 3 amide bonds. The second-order valence-corrected chi connectivity index (χ2v) is 8.27. The zero-order valence-corrected chi connectivity index (χ0v) is 20.0. The molecule has 0 bridgehead atoms. The maximum Gasteiger partial charge on any atom is 0.243 e. The Hall–Kier alpha value is -2.36. The van der Waals surface area contributed by atoms with Crippen molar-refractivity contribution in [3.05, 3.63) is 0 Å². The van der Waals surface area contributed by atoms with Gasteiger partial charge in [0.05, 0.1) is 6.04 Å². The fourth-order valence-electron chi connectivity index (χ4n) is 2.90. The number of carbonyl (C=O) groups excluding carboxylic acids is 4. The molecule has 0 aromatic heterocycles. The Balaban J connectivity index is 0. The molecule has 0 spiro atoms. The molecule has 11 heteroatoms. The monoisotopic (exact) mass is 462 g/mol. The normalized spacial score (nSPS) is 13.4. The summed E-state index contributed by atoms with van der Waals surface area (Å²) in [6, 6.07) is -2.26. The first-order valence-electron chi connectivity index (χ1n) is 10.3. The molecule has 31 heavy (non-hydrogen) atoms. The molecular weight excluding hydrogens is 424 g/mol. The van der Waals surface area contributed by atoms with Gasteiger partial charge in [0.15, 0.2) is 5.96 Å². The second kappa shape index (κ2) is 16.3. The lowest BCUT2D eigenvalue weighted by Gasteiger charge is -2.25. The molecular formula is C20H39ClN6O4. The molecule has 3 atom stereocenters. The maximum absolute atomic E-state index is 12.8. The van der Waals surface area contributed by atoms with Gasteiger partial charge in [-0.25, -0.2) is 0 Å². The first kappa shape index (κ1) is 30.8. The van der Waals surface area contributed by atoms with Gasteiger partial charge in [0.25, 0.3) is 0 Å². The Morgan fingerprint density at radius 3 is 1.81 bits per heavy atom. The van der Waals surface area contributed by atoms with Gasteiger partial charge in [-0.1, -0.05) is 27.7 Å². The van der Waals surface area contributed by atoms with Crippen LogP contribution >= 0.6 is 12.4 Å². The van der Waals surface area contributed by atoms with Crippen molar-refractivity contribution >= 4 is 42.4 Å². The molecule has 0 aliphatic rings. The van der Waals surface area contributed by atoms with Crippen LogP contribution in [-0.2, 0) is 19.2 Å². The summed E-state index contributed by atoms with van der Waals surface area (Å²) >= 11 is 0. The molecule has 0 aromatic carbocycles. The van der Waals surface area contributed by atoms with Crippen molar-refractivity contribution in [2.45, 2.75) is 78.4 Å². The smallest absolute Gasteiger partial charge is 0.243 e. The summed E-state index contributed by atoms with van der Waals surface area (Å²) in [6.07, 6.45) is 2.38. The summed E-state index contributed by atoms with van der Waals surface area (Å²) < 4.78 is 0. The van der Waals surface area contributed by atoms with E-state index in [1.165, 1.54) is 6.92 Å². The van der Waals surface area contributed by atoms with Crippen molar-refractivity contribution in [1.82, 2.24) is 16.0 Å². The summed E-state index contributed by atoms with van der Waals surface area (Å²) in [5.74, 6) is -0.909. The van der Waals surface area contributed by atoms with E-state index >= 15 is 0 Å². The Morgan fingerprint density at radius 2 is 1.39 bits per heavy atom. The number of nitrogens with two attached hydrogens (primary N) is 2. The molecule has 0 aromatic rings. The number of hydrogen-bond donors (Lipinski definition) is 5. The highest BCUT2D eigenvalue weighted by molar-refractivity contribution is 5.92. The average molecular weight is 463 g/mol. The highest BCUT2D eigenvalue weighted by Gasteiger charge is 2.28. The van der Waals surface area contributed by atoms with E-state index in [1.807, 2.05) is 27.7 Å². The molecule has 0 aliphatic heterocycles. The zero-order chi connectivity index (χ0) is 23.3. The predicted molar refractivity (Wildman–Crippen MR) is 124 cm³/mol. The number of halogens is 1. The highest BCUT2D eigenvalue weighted by atomic mass is 35.5. The zero-order valence-electron chi connectivity index (χ0n) is 19.1. The van der Waals surface area contributed by atoms with Gasteiger partial charge < -0.3 is 32.2 Å². The number of amides is 3. The Labute approximate surface area is 191 Å². The summed E-state index contributed by atoms with van der Waals surface area (Å²) in [5.41, 5.74) is 10.5. The van der Waals surface area contributed by atoms with E-state index in [1.54, 1.807) is 0 Å². The minimum atomic E-state index is -0.818. The van der Waals surface area contributed by atoms with Crippen LogP contribution in [0.15, 0.2) is 4.99 Å². The first-order chi connectivity index (χ1) is 14.0. The van der Waals surface area contributed by atoms with E-state index in [4.69, 9.17) is 11.5 Å². The fraction of sp³-hybridized carbons (Fsp3) is 0.750. The van der Waals surface area contributed by atoms with E-state index in [0.717, 1.165) is 0 Å². The van der Waals surface area contributed by atoms with Crippen molar-refractivity contribution in [2.75, 3.05) is 6.54 Å². The third-order valence-corrected chi connectivity index (χ3v) is 4.20. The fourth-order valence-corrected chi connectivity index (χ4v) is 2.90. The molecule has 10 nitrogen and oxygen atoms in total. The molecule has 0 radical (unpaired) electrons. The van der Waals surface area contributed by atoms with Gasteiger partial charge in [-0.3, -0.25) is 19.4 Å². The van der Waals surface area contributed by atoms with E-state index in [0.29, 0.717) is 38.5 Å². The average Bonchev–Trinajstić information content (AvgIpc) is 2.61. The Bertz CT molecular complexity index is 608. The van der Waals surface area contributed by atoms with Gasteiger partial charge >= 0.3 is 0 Å². The summed E-state index contributed by atoms with van der Waals surface area (Å²) in [5, 5.41) is 8.03. The molecule has 1 unspecified atom stereocenters. The standard InChI is InChI=1S/C20H38N6O4.ClH/c1-12(2)9-16(24-14(5)28)19(30)26-17(10-13(3)4)18(29)25-15(11-27)7-6-8-23-20(21)22;/h11-13,15-17H,6-10H2,1-5H3,(H,24,28)(H,25,29)(H,26,30)(H4,21,22,23);1H/t15?,16-,17-;/m0./s1. The molecule has 0 fully saturated rings.